The number of aryl methyl sites for hydroxylation is 1. The first kappa shape index (κ1) is 12.6. The Labute approximate surface area is 113 Å². The highest BCUT2D eigenvalue weighted by Gasteiger charge is 2.39. The van der Waals surface area contributed by atoms with Crippen LogP contribution in [0.3, 0.4) is 0 Å². The van der Waals surface area contributed by atoms with Crippen molar-refractivity contribution < 1.29 is 4.74 Å². The molecule has 0 radical (unpaired) electrons. The Bertz CT molecular complexity index is 406. The molecule has 0 aromatic carbocycles. The molecule has 2 heterocycles. The summed E-state index contributed by atoms with van der Waals surface area (Å²) >= 11 is 1.89. The predicted molar refractivity (Wildman–Crippen MR) is 74.9 cm³/mol. The van der Waals surface area contributed by atoms with E-state index in [9.17, 15) is 0 Å². The average molecular weight is 266 g/mol. The third-order valence-corrected chi connectivity index (χ3v) is 5.34. The Morgan fingerprint density at radius 2 is 2.39 bits per heavy atom. The molecule has 1 aromatic heterocycles. The minimum Gasteiger partial charge on any atom is -0.375 e. The summed E-state index contributed by atoms with van der Waals surface area (Å²) in [6, 6.07) is 5.43. The highest BCUT2D eigenvalue weighted by molar-refractivity contribution is 7.12. The molecule has 1 aromatic rings. The van der Waals surface area contributed by atoms with Crippen LogP contribution in [0.4, 0.5) is 0 Å². The van der Waals surface area contributed by atoms with Gasteiger partial charge < -0.3 is 10.5 Å². The third-order valence-electron chi connectivity index (χ3n) is 4.24. The number of hydrogen-bond acceptors (Lipinski definition) is 4. The van der Waals surface area contributed by atoms with Gasteiger partial charge in [0.1, 0.15) is 0 Å². The van der Waals surface area contributed by atoms with Crippen LogP contribution < -0.4 is 5.73 Å². The fourth-order valence-electron chi connectivity index (χ4n) is 3.39. The van der Waals surface area contributed by atoms with Gasteiger partial charge >= 0.3 is 0 Å². The van der Waals surface area contributed by atoms with Gasteiger partial charge in [-0.2, -0.15) is 0 Å². The molecule has 1 saturated heterocycles. The molecule has 100 valence electrons. The number of rotatable bonds is 3. The standard InChI is InChI=1S/C14H22N2OS/c1-10-5-6-14(18-10)12(9-15)16-7-8-17-13-4-2-3-11(13)16/h5-6,11-13H,2-4,7-9,15H2,1H3. The zero-order valence-electron chi connectivity index (χ0n) is 11.0. The molecule has 2 fully saturated rings. The molecule has 4 heteroatoms. The SMILES string of the molecule is Cc1ccc(C(CN)N2CCOC3CCCC32)s1. The van der Waals surface area contributed by atoms with Crippen molar-refractivity contribution >= 4 is 11.3 Å². The summed E-state index contributed by atoms with van der Waals surface area (Å²) in [5.41, 5.74) is 6.05. The second-order valence-electron chi connectivity index (χ2n) is 5.35. The maximum atomic E-state index is 6.05. The van der Waals surface area contributed by atoms with Gasteiger partial charge in [0, 0.05) is 28.9 Å². The van der Waals surface area contributed by atoms with Crippen molar-refractivity contribution in [3.8, 4) is 0 Å². The van der Waals surface area contributed by atoms with Crippen LogP contribution in [0.1, 0.15) is 35.1 Å². The second-order valence-corrected chi connectivity index (χ2v) is 6.66. The molecular weight excluding hydrogens is 244 g/mol. The van der Waals surface area contributed by atoms with Crippen molar-refractivity contribution in [1.29, 1.82) is 0 Å². The summed E-state index contributed by atoms with van der Waals surface area (Å²) in [5.74, 6) is 0. The minimum atomic E-state index is 0.387. The van der Waals surface area contributed by atoms with Crippen molar-refractivity contribution in [1.82, 2.24) is 4.90 Å². The maximum absolute atomic E-state index is 6.05. The third kappa shape index (κ3) is 2.23. The van der Waals surface area contributed by atoms with Crippen LogP contribution in [0, 0.1) is 6.92 Å². The van der Waals surface area contributed by atoms with E-state index in [1.807, 2.05) is 11.3 Å². The fourth-order valence-corrected chi connectivity index (χ4v) is 4.40. The summed E-state index contributed by atoms with van der Waals surface area (Å²) in [4.78, 5) is 5.40. The highest BCUT2D eigenvalue weighted by Crippen LogP contribution is 2.36. The van der Waals surface area contributed by atoms with Crippen LogP contribution in [0.5, 0.6) is 0 Å². The molecule has 18 heavy (non-hydrogen) atoms. The second kappa shape index (κ2) is 5.29. The Kier molecular flexibility index (Phi) is 3.71. The number of ether oxygens (including phenoxy) is 1. The number of morpholine rings is 1. The molecule has 1 saturated carbocycles. The summed E-state index contributed by atoms with van der Waals surface area (Å²) in [5, 5.41) is 0. The zero-order valence-corrected chi connectivity index (χ0v) is 11.8. The van der Waals surface area contributed by atoms with Gasteiger partial charge in [0.2, 0.25) is 0 Å². The summed E-state index contributed by atoms with van der Waals surface area (Å²) < 4.78 is 5.89. The normalized spacial score (nSPS) is 30.3. The lowest BCUT2D eigenvalue weighted by molar-refractivity contribution is -0.0706. The Morgan fingerprint density at radius 3 is 3.11 bits per heavy atom. The van der Waals surface area contributed by atoms with E-state index >= 15 is 0 Å². The van der Waals surface area contributed by atoms with Crippen LogP contribution in [-0.2, 0) is 4.74 Å². The largest absolute Gasteiger partial charge is 0.375 e. The van der Waals surface area contributed by atoms with Gasteiger partial charge in [-0.05, 0) is 38.3 Å². The van der Waals surface area contributed by atoms with Crippen LogP contribution in [0.2, 0.25) is 0 Å². The molecule has 3 rings (SSSR count). The monoisotopic (exact) mass is 266 g/mol. The van der Waals surface area contributed by atoms with E-state index < -0.39 is 0 Å². The molecule has 2 N–H and O–H groups in total. The highest BCUT2D eigenvalue weighted by atomic mass is 32.1. The van der Waals surface area contributed by atoms with E-state index in [1.165, 1.54) is 29.0 Å². The van der Waals surface area contributed by atoms with E-state index in [4.69, 9.17) is 10.5 Å². The molecule has 0 amide bonds. The van der Waals surface area contributed by atoms with Crippen molar-refractivity contribution in [2.24, 2.45) is 5.73 Å². The van der Waals surface area contributed by atoms with E-state index in [1.54, 1.807) is 0 Å². The lowest BCUT2D eigenvalue weighted by atomic mass is 10.1. The number of fused-ring (bicyclic) bond motifs is 1. The first-order valence-corrected chi connectivity index (χ1v) is 7.75. The molecule has 3 atom stereocenters. The molecular formula is C14H22N2OS. The van der Waals surface area contributed by atoms with Gasteiger partial charge in [-0.15, -0.1) is 11.3 Å². The minimum absolute atomic E-state index is 0.387. The van der Waals surface area contributed by atoms with E-state index in [-0.39, 0.29) is 0 Å². The van der Waals surface area contributed by atoms with Crippen molar-refractivity contribution in [2.75, 3.05) is 19.7 Å². The summed E-state index contributed by atoms with van der Waals surface area (Å²) in [6.45, 7) is 4.77. The first-order chi connectivity index (χ1) is 8.79. The van der Waals surface area contributed by atoms with Crippen molar-refractivity contribution in [2.45, 2.75) is 44.4 Å². The summed E-state index contributed by atoms with van der Waals surface area (Å²) in [6.07, 6.45) is 4.24. The number of nitrogens with zero attached hydrogens (tertiary/aromatic N) is 1. The maximum Gasteiger partial charge on any atom is 0.0731 e. The topological polar surface area (TPSA) is 38.5 Å². The van der Waals surface area contributed by atoms with Gasteiger partial charge in [-0.3, -0.25) is 4.90 Å². The lowest BCUT2D eigenvalue weighted by Gasteiger charge is -2.42. The van der Waals surface area contributed by atoms with Crippen molar-refractivity contribution in [3.05, 3.63) is 21.9 Å². The van der Waals surface area contributed by atoms with E-state index in [2.05, 4.69) is 24.0 Å². The summed E-state index contributed by atoms with van der Waals surface area (Å²) in [7, 11) is 0. The van der Waals surface area contributed by atoms with Gasteiger partial charge in [0.25, 0.3) is 0 Å². The van der Waals surface area contributed by atoms with Gasteiger partial charge in [-0.25, -0.2) is 0 Å². The average Bonchev–Trinajstić information content (AvgIpc) is 2.99. The molecule has 1 aliphatic carbocycles. The van der Waals surface area contributed by atoms with E-state index in [0.29, 0.717) is 24.7 Å². The zero-order chi connectivity index (χ0) is 12.5. The predicted octanol–water partition coefficient (Wildman–Crippen LogP) is 2.31. The molecule has 2 aliphatic rings. The Balaban J connectivity index is 1.82. The van der Waals surface area contributed by atoms with Crippen LogP contribution in [0.15, 0.2) is 12.1 Å². The quantitative estimate of drug-likeness (QED) is 0.912. The number of thiophene rings is 1. The van der Waals surface area contributed by atoms with Gasteiger partial charge in [0.05, 0.1) is 18.8 Å². The molecule has 3 unspecified atom stereocenters. The number of nitrogens with two attached hydrogens (primary N) is 1. The number of hydrogen-bond donors (Lipinski definition) is 1. The van der Waals surface area contributed by atoms with Gasteiger partial charge in [-0.1, -0.05) is 0 Å². The van der Waals surface area contributed by atoms with Crippen LogP contribution >= 0.6 is 11.3 Å². The van der Waals surface area contributed by atoms with Crippen LogP contribution in [0.25, 0.3) is 0 Å². The smallest absolute Gasteiger partial charge is 0.0731 e. The first-order valence-electron chi connectivity index (χ1n) is 6.93. The molecule has 1 aliphatic heterocycles. The molecule has 0 spiro atoms. The Morgan fingerprint density at radius 1 is 1.50 bits per heavy atom. The molecule has 0 bridgehead atoms. The molecule has 3 nitrogen and oxygen atoms in total. The van der Waals surface area contributed by atoms with Crippen molar-refractivity contribution in [3.63, 3.8) is 0 Å². The van der Waals surface area contributed by atoms with E-state index in [0.717, 1.165) is 13.2 Å². The Hall–Kier alpha value is -0.420. The van der Waals surface area contributed by atoms with Crippen LogP contribution in [-0.4, -0.2) is 36.7 Å². The fraction of sp³-hybridized carbons (Fsp3) is 0.714. The lowest BCUT2D eigenvalue weighted by Crippen LogP contribution is -2.51. The van der Waals surface area contributed by atoms with Gasteiger partial charge in [0.15, 0.2) is 0 Å².